The molecule has 1 heteroatoms. The number of hydrogen-bond donors (Lipinski definition) is 1. The Labute approximate surface area is 83.5 Å². The molecule has 0 aromatic carbocycles. The molecule has 13 heavy (non-hydrogen) atoms. The molecule has 0 amide bonds. The number of aliphatic hydroxyl groups is 1. The summed E-state index contributed by atoms with van der Waals surface area (Å²) in [7, 11) is 0. The molecule has 0 spiro atoms. The van der Waals surface area contributed by atoms with E-state index >= 15 is 0 Å². The van der Waals surface area contributed by atoms with Crippen LogP contribution in [0, 0.1) is 17.3 Å². The fourth-order valence-electron chi connectivity index (χ4n) is 1.33. The van der Waals surface area contributed by atoms with Crippen LogP contribution in [0.5, 0.6) is 0 Å². The highest BCUT2D eigenvalue weighted by Gasteiger charge is 2.34. The zero-order valence-corrected chi connectivity index (χ0v) is 10.3. The van der Waals surface area contributed by atoms with E-state index in [0.29, 0.717) is 11.8 Å². The lowest BCUT2D eigenvalue weighted by atomic mass is 9.70. The van der Waals surface area contributed by atoms with E-state index in [1.807, 2.05) is 6.92 Å². The third-order valence-electron chi connectivity index (χ3n) is 3.62. The lowest BCUT2D eigenvalue weighted by molar-refractivity contribution is -0.0352. The second-order valence-corrected chi connectivity index (χ2v) is 5.83. The Bertz CT molecular complexity index is 137. The van der Waals surface area contributed by atoms with E-state index in [0.717, 1.165) is 6.42 Å². The van der Waals surface area contributed by atoms with Crippen LogP contribution >= 0.6 is 0 Å². The second kappa shape index (κ2) is 4.00. The molecule has 0 aliphatic rings. The first kappa shape index (κ1) is 13.0. The van der Waals surface area contributed by atoms with Crippen LogP contribution in [0.25, 0.3) is 0 Å². The Morgan fingerprint density at radius 3 is 1.54 bits per heavy atom. The molecule has 1 nitrogen and oxygen atoms in total. The van der Waals surface area contributed by atoms with Crippen molar-refractivity contribution in [2.75, 3.05) is 0 Å². The van der Waals surface area contributed by atoms with Crippen molar-refractivity contribution in [3.05, 3.63) is 0 Å². The van der Waals surface area contributed by atoms with Gasteiger partial charge in [0.1, 0.15) is 0 Å². The standard InChI is InChI=1S/C12H26O/c1-9(2)11(5,6)8-12(7,13)10(3)4/h9-10,13H,8H2,1-7H3. The third-order valence-corrected chi connectivity index (χ3v) is 3.62. The molecule has 0 heterocycles. The van der Waals surface area contributed by atoms with Gasteiger partial charge in [-0.25, -0.2) is 0 Å². The summed E-state index contributed by atoms with van der Waals surface area (Å²) in [6.45, 7) is 15.0. The number of rotatable bonds is 4. The molecule has 0 saturated heterocycles. The number of hydrogen-bond acceptors (Lipinski definition) is 1. The summed E-state index contributed by atoms with van der Waals surface area (Å²) in [5.41, 5.74) is -0.318. The summed E-state index contributed by atoms with van der Waals surface area (Å²) in [5, 5.41) is 10.2. The second-order valence-electron chi connectivity index (χ2n) is 5.83. The first-order chi connectivity index (χ1) is 5.59. The minimum atomic E-state index is -0.534. The van der Waals surface area contributed by atoms with Gasteiger partial charge in [0.15, 0.2) is 0 Å². The van der Waals surface area contributed by atoms with Gasteiger partial charge < -0.3 is 5.11 Å². The van der Waals surface area contributed by atoms with Gasteiger partial charge in [-0.05, 0) is 30.6 Å². The van der Waals surface area contributed by atoms with E-state index in [9.17, 15) is 5.11 Å². The normalized spacial score (nSPS) is 18.0. The van der Waals surface area contributed by atoms with Crippen LogP contribution in [0.1, 0.15) is 54.9 Å². The molecule has 0 aliphatic heterocycles. The minimum absolute atomic E-state index is 0.216. The predicted octanol–water partition coefficient (Wildman–Crippen LogP) is 3.47. The highest BCUT2D eigenvalue weighted by molar-refractivity contribution is 4.85. The predicted molar refractivity (Wildman–Crippen MR) is 58.7 cm³/mol. The molecule has 1 N–H and O–H groups in total. The fourth-order valence-corrected chi connectivity index (χ4v) is 1.33. The van der Waals surface area contributed by atoms with Gasteiger partial charge in [-0.1, -0.05) is 41.5 Å². The van der Waals surface area contributed by atoms with E-state index in [1.54, 1.807) is 0 Å². The highest BCUT2D eigenvalue weighted by Crippen LogP contribution is 2.37. The molecule has 0 aromatic heterocycles. The smallest absolute Gasteiger partial charge is 0.0647 e. The van der Waals surface area contributed by atoms with Crippen molar-refractivity contribution in [3.63, 3.8) is 0 Å². The lowest BCUT2D eigenvalue weighted by Crippen LogP contribution is -2.38. The van der Waals surface area contributed by atoms with Gasteiger partial charge in [0.2, 0.25) is 0 Å². The van der Waals surface area contributed by atoms with Crippen LogP contribution in [0.15, 0.2) is 0 Å². The molecule has 0 rings (SSSR count). The topological polar surface area (TPSA) is 20.2 Å². The minimum Gasteiger partial charge on any atom is -0.390 e. The molecule has 0 radical (unpaired) electrons. The van der Waals surface area contributed by atoms with Gasteiger partial charge in [0, 0.05) is 0 Å². The van der Waals surface area contributed by atoms with Crippen molar-refractivity contribution < 1.29 is 5.11 Å². The molecule has 0 bridgehead atoms. The van der Waals surface area contributed by atoms with Crippen LogP contribution in [0.3, 0.4) is 0 Å². The van der Waals surface area contributed by atoms with Gasteiger partial charge in [-0.3, -0.25) is 0 Å². The van der Waals surface area contributed by atoms with Gasteiger partial charge in [-0.2, -0.15) is 0 Å². The van der Waals surface area contributed by atoms with E-state index < -0.39 is 5.60 Å². The Hall–Kier alpha value is -0.0400. The first-order valence-corrected chi connectivity index (χ1v) is 5.32. The average molecular weight is 186 g/mol. The Kier molecular flexibility index (Phi) is 3.98. The molecule has 80 valence electrons. The molecule has 1 unspecified atom stereocenters. The Balaban J connectivity index is 4.42. The molecule has 0 fully saturated rings. The molecular formula is C12H26O. The van der Waals surface area contributed by atoms with Crippen LogP contribution in [0.4, 0.5) is 0 Å². The summed E-state index contributed by atoms with van der Waals surface area (Å²) in [6.07, 6.45) is 0.870. The summed E-state index contributed by atoms with van der Waals surface area (Å²) in [5.74, 6) is 0.934. The quantitative estimate of drug-likeness (QED) is 0.713. The van der Waals surface area contributed by atoms with Crippen molar-refractivity contribution in [2.24, 2.45) is 17.3 Å². The zero-order chi connectivity index (χ0) is 10.9. The largest absolute Gasteiger partial charge is 0.390 e. The van der Waals surface area contributed by atoms with Crippen molar-refractivity contribution in [3.8, 4) is 0 Å². The highest BCUT2D eigenvalue weighted by atomic mass is 16.3. The van der Waals surface area contributed by atoms with Crippen LogP contribution in [0.2, 0.25) is 0 Å². The van der Waals surface area contributed by atoms with E-state index in [-0.39, 0.29) is 5.41 Å². The Morgan fingerprint density at radius 2 is 1.31 bits per heavy atom. The van der Waals surface area contributed by atoms with E-state index in [4.69, 9.17) is 0 Å². The summed E-state index contributed by atoms with van der Waals surface area (Å²) in [4.78, 5) is 0. The van der Waals surface area contributed by atoms with Gasteiger partial charge in [-0.15, -0.1) is 0 Å². The fraction of sp³-hybridized carbons (Fsp3) is 1.00. The molecule has 1 atom stereocenters. The maximum atomic E-state index is 10.2. The first-order valence-electron chi connectivity index (χ1n) is 5.32. The van der Waals surface area contributed by atoms with Crippen molar-refractivity contribution in [1.29, 1.82) is 0 Å². The molecular weight excluding hydrogens is 160 g/mol. The van der Waals surface area contributed by atoms with E-state index in [2.05, 4.69) is 41.5 Å². The summed E-state index contributed by atoms with van der Waals surface area (Å²) >= 11 is 0. The SMILES string of the molecule is CC(C)C(C)(C)CC(C)(O)C(C)C. The summed E-state index contributed by atoms with van der Waals surface area (Å²) < 4.78 is 0. The van der Waals surface area contributed by atoms with Gasteiger partial charge >= 0.3 is 0 Å². The van der Waals surface area contributed by atoms with Crippen LogP contribution < -0.4 is 0 Å². The molecule has 0 saturated carbocycles. The maximum absolute atomic E-state index is 10.2. The lowest BCUT2D eigenvalue weighted by Gasteiger charge is -2.39. The summed E-state index contributed by atoms with van der Waals surface area (Å²) in [6, 6.07) is 0. The maximum Gasteiger partial charge on any atom is 0.0647 e. The Morgan fingerprint density at radius 1 is 0.923 bits per heavy atom. The molecule has 0 aromatic rings. The van der Waals surface area contributed by atoms with Crippen molar-refractivity contribution >= 4 is 0 Å². The van der Waals surface area contributed by atoms with Crippen molar-refractivity contribution in [1.82, 2.24) is 0 Å². The molecule has 0 aliphatic carbocycles. The van der Waals surface area contributed by atoms with E-state index in [1.165, 1.54) is 0 Å². The monoisotopic (exact) mass is 186 g/mol. The van der Waals surface area contributed by atoms with Crippen LogP contribution in [-0.2, 0) is 0 Å². The van der Waals surface area contributed by atoms with Gasteiger partial charge in [0.25, 0.3) is 0 Å². The van der Waals surface area contributed by atoms with Crippen LogP contribution in [-0.4, -0.2) is 10.7 Å². The van der Waals surface area contributed by atoms with Crippen molar-refractivity contribution in [2.45, 2.75) is 60.5 Å². The average Bonchev–Trinajstić information content (AvgIpc) is 1.83. The third kappa shape index (κ3) is 3.68. The zero-order valence-electron chi connectivity index (χ0n) is 10.3. The van der Waals surface area contributed by atoms with Gasteiger partial charge in [0.05, 0.1) is 5.60 Å².